The molecule has 1 unspecified atom stereocenters. The summed E-state index contributed by atoms with van der Waals surface area (Å²) in [5.41, 5.74) is 0.919. The van der Waals surface area contributed by atoms with Gasteiger partial charge in [0.15, 0.2) is 0 Å². The van der Waals surface area contributed by atoms with Crippen LogP contribution in [0.4, 0.5) is 5.69 Å². The molecule has 0 radical (unpaired) electrons. The molecule has 1 aromatic carbocycles. The van der Waals surface area contributed by atoms with Crippen LogP contribution < -0.4 is 10.1 Å². The Morgan fingerprint density at radius 2 is 2.39 bits per heavy atom. The lowest BCUT2D eigenvalue weighted by atomic mass is 10.1. The SMILES string of the molecule is CCOc1ccc(Cl)cc1NCC1CCC=CO1. The zero-order valence-electron chi connectivity index (χ0n) is 10.5. The molecule has 0 fully saturated rings. The van der Waals surface area contributed by atoms with E-state index in [0.717, 1.165) is 30.8 Å². The van der Waals surface area contributed by atoms with Crippen LogP contribution in [0.1, 0.15) is 19.8 Å². The Balaban J connectivity index is 1.98. The summed E-state index contributed by atoms with van der Waals surface area (Å²) in [5.74, 6) is 0.827. The summed E-state index contributed by atoms with van der Waals surface area (Å²) in [6.07, 6.45) is 6.14. The van der Waals surface area contributed by atoms with Gasteiger partial charge in [-0.05, 0) is 44.0 Å². The molecule has 1 N–H and O–H groups in total. The third kappa shape index (κ3) is 3.57. The molecule has 1 aliphatic heterocycles. The van der Waals surface area contributed by atoms with Crippen LogP contribution in [0, 0.1) is 0 Å². The van der Waals surface area contributed by atoms with E-state index in [-0.39, 0.29) is 6.10 Å². The van der Waals surface area contributed by atoms with Gasteiger partial charge in [-0.3, -0.25) is 0 Å². The molecule has 1 aromatic rings. The van der Waals surface area contributed by atoms with E-state index in [1.165, 1.54) is 0 Å². The molecule has 0 spiro atoms. The van der Waals surface area contributed by atoms with E-state index in [9.17, 15) is 0 Å². The average molecular weight is 268 g/mol. The molecule has 0 saturated heterocycles. The van der Waals surface area contributed by atoms with Gasteiger partial charge in [-0.25, -0.2) is 0 Å². The topological polar surface area (TPSA) is 30.5 Å². The number of halogens is 1. The van der Waals surface area contributed by atoms with Crippen molar-refractivity contribution in [2.24, 2.45) is 0 Å². The molecule has 1 atom stereocenters. The minimum atomic E-state index is 0.212. The first-order valence-electron chi connectivity index (χ1n) is 6.26. The van der Waals surface area contributed by atoms with Gasteiger partial charge in [0.2, 0.25) is 0 Å². The van der Waals surface area contributed by atoms with E-state index in [0.29, 0.717) is 11.6 Å². The third-order valence-electron chi connectivity index (χ3n) is 2.78. The minimum absolute atomic E-state index is 0.212. The summed E-state index contributed by atoms with van der Waals surface area (Å²) in [6, 6.07) is 5.60. The molecular formula is C14H18ClNO2. The Kier molecular flexibility index (Phi) is 4.76. The fraction of sp³-hybridized carbons (Fsp3) is 0.429. The van der Waals surface area contributed by atoms with Gasteiger partial charge >= 0.3 is 0 Å². The Labute approximate surface area is 113 Å². The summed E-state index contributed by atoms with van der Waals surface area (Å²) in [6.45, 7) is 3.36. The minimum Gasteiger partial charge on any atom is -0.497 e. The maximum Gasteiger partial charge on any atom is 0.142 e. The lowest BCUT2D eigenvalue weighted by molar-refractivity contribution is 0.135. The smallest absolute Gasteiger partial charge is 0.142 e. The van der Waals surface area contributed by atoms with E-state index < -0.39 is 0 Å². The molecule has 98 valence electrons. The highest BCUT2D eigenvalue weighted by molar-refractivity contribution is 6.30. The Morgan fingerprint density at radius 3 is 3.11 bits per heavy atom. The molecule has 2 rings (SSSR count). The predicted octanol–water partition coefficient (Wildman–Crippen LogP) is 3.84. The number of anilines is 1. The molecule has 0 amide bonds. The second-order valence-electron chi connectivity index (χ2n) is 4.16. The number of hydrogen-bond donors (Lipinski definition) is 1. The second kappa shape index (κ2) is 6.55. The van der Waals surface area contributed by atoms with Crippen LogP contribution in [-0.4, -0.2) is 19.3 Å². The highest BCUT2D eigenvalue weighted by atomic mass is 35.5. The van der Waals surface area contributed by atoms with Crippen LogP contribution in [-0.2, 0) is 4.74 Å². The zero-order chi connectivity index (χ0) is 12.8. The first-order valence-corrected chi connectivity index (χ1v) is 6.64. The normalized spacial score (nSPS) is 18.2. The molecule has 18 heavy (non-hydrogen) atoms. The van der Waals surface area contributed by atoms with Crippen molar-refractivity contribution in [3.63, 3.8) is 0 Å². The maximum atomic E-state index is 6.00. The number of ether oxygens (including phenoxy) is 2. The monoisotopic (exact) mass is 267 g/mol. The molecule has 4 heteroatoms. The molecule has 1 aliphatic rings. The highest BCUT2D eigenvalue weighted by Gasteiger charge is 2.12. The number of allylic oxidation sites excluding steroid dienone is 1. The molecular weight excluding hydrogens is 250 g/mol. The van der Waals surface area contributed by atoms with Crippen LogP contribution in [0.2, 0.25) is 5.02 Å². The molecule has 0 saturated carbocycles. The van der Waals surface area contributed by atoms with Gasteiger partial charge in [-0.15, -0.1) is 0 Å². The van der Waals surface area contributed by atoms with Gasteiger partial charge in [0, 0.05) is 5.02 Å². The Hall–Kier alpha value is -1.35. The second-order valence-corrected chi connectivity index (χ2v) is 4.60. The van der Waals surface area contributed by atoms with Gasteiger partial charge in [0.05, 0.1) is 25.1 Å². The van der Waals surface area contributed by atoms with Gasteiger partial charge in [-0.1, -0.05) is 11.6 Å². The molecule has 0 bridgehead atoms. The van der Waals surface area contributed by atoms with Gasteiger partial charge in [-0.2, -0.15) is 0 Å². The Bertz CT molecular complexity index is 420. The largest absolute Gasteiger partial charge is 0.497 e. The van der Waals surface area contributed by atoms with E-state index in [1.54, 1.807) is 6.26 Å². The first kappa shape index (κ1) is 13.1. The Morgan fingerprint density at radius 1 is 1.50 bits per heavy atom. The lowest BCUT2D eigenvalue weighted by Gasteiger charge is -2.21. The highest BCUT2D eigenvalue weighted by Crippen LogP contribution is 2.28. The number of hydrogen-bond acceptors (Lipinski definition) is 3. The van der Waals surface area contributed by atoms with E-state index in [2.05, 4.69) is 5.32 Å². The average Bonchev–Trinajstić information content (AvgIpc) is 2.40. The van der Waals surface area contributed by atoms with E-state index >= 15 is 0 Å². The summed E-state index contributed by atoms with van der Waals surface area (Å²) >= 11 is 6.00. The lowest BCUT2D eigenvalue weighted by Crippen LogP contribution is -2.23. The fourth-order valence-electron chi connectivity index (χ4n) is 1.88. The van der Waals surface area contributed by atoms with Crippen LogP contribution >= 0.6 is 11.6 Å². The van der Waals surface area contributed by atoms with Crippen molar-refractivity contribution in [1.29, 1.82) is 0 Å². The third-order valence-corrected chi connectivity index (χ3v) is 3.02. The standard InChI is InChI=1S/C14H18ClNO2/c1-2-17-14-7-6-11(15)9-13(14)16-10-12-5-3-4-8-18-12/h4,6-9,12,16H,2-3,5,10H2,1H3. The molecule has 0 aliphatic carbocycles. The summed E-state index contributed by atoms with van der Waals surface area (Å²) < 4.78 is 11.1. The summed E-state index contributed by atoms with van der Waals surface area (Å²) in [4.78, 5) is 0. The molecule has 0 aromatic heterocycles. The van der Waals surface area contributed by atoms with Gasteiger partial charge in [0.25, 0.3) is 0 Å². The van der Waals surface area contributed by atoms with Crippen LogP contribution in [0.5, 0.6) is 5.75 Å². The quantitative estimate of drug-likeness (QED) is 0.879. The van der Waals surface area contributed by atoms with Crippen LogP contribution in [0.25, 0.3) is 0 Å². The van der Waals surface area contributed by atoms with Crippen molar-refractivity contribution < 1.29 is 9.47 Å². The van der Waals surface area contributed by atoms with Gasteiger partial charge in [0.1, 0.15) is 11.9 Å². The van der Waals surface area contributed by atoms with Crippen molar-refractivity contribution in [3.8, 4) is 5.75 Å². The van der Waals surface area contributed by atoms with Crippen molar-refractivity contribution in [3.05, 3.63) is 35.6 Å². The summed E-state index contributed by atoms with van der Waals surface area (Å²) in [5, 5.41) is 4.04. The molecule has 1 heterocycles. The number of rotatable bonds is 5. The maximum absolute atomic E-state index is 6.00. The van der Waals surface area contributed by atoms with Crippen LogP contribution in [0.15, 0.2) is 30.5 Å². The van der Waals surface area contributed by atoms with Crippen molar-refractivity contribution in [2.45, 2.75) is 25.9 Å². The van der Waals surface area contributed by atoms with Crippen LogP contribution in [0.3, 0.4) is 0 Å². The first-order chi connectivity index (χ1) is 8.79. The van der Waals surface area contributed by atoms with E-state index in [4.69, 9.17) is 21.1 Å². The summed E-state index contributed by atoms with van der Waals surface area (Å²) in [7, 11) is 0. The molecule has 3 nitrogen and oxygen atoms in total. The number of nitrogens with one attached hydrogen (secondary N) is 1. The number of benzene rings is 1. The van der Waals surface area contributed by atoms with Gasteiger partial charge < -0.3 is 14.8 Å². The van der Waals surface area contributed by atoms with Crippen molar-refractivity contribution in [2.75, 3.05) is 18.5 Å². The fourth-order valence-corrected chi connectivity index (χ4v) is 2.05. The zero-order valence-corrected chi connectivity index (χ0v) is 11.2. The van der Waals surface area contributed by atoms with Crippen molar-refractivity contribution >= 4 is 17.3 Å². The predicted molar refractivity (Wildman–Crippen MR) is 74.4 cm³/mol. The van der Waals surface area contributed by atoms with E-state index in [1.807, 2.05) is 31.2 Å². The van der Waals surface area contributed by atoms with Crippen molar-refractivity contribution in [1.82, 2.24) is 0 Å².